The van der Waals surface area contributed by atoms with E-state index in [-0.39, 0.29) is 17.7 Å². The molecule has 0 saturated carbocycles. The Balaban J connectivity index is 1.98. The first kappa shape index (κ1) is 13.5. The van der Waals surface area contributed by atoms with Gasteiger partial charge in [0.25, 0.3) is 5.91 Å². The summed E-state index contributed by atoms with van der Waals surface area (Å²) < 4.78 is 6.87. The number of rotatable bonds is 4. The summed E-state index contributed by atoms with van der Waals surface area (Å²) in [4.78, 5) is 25.3. The number of hydrogen-bond donors (Lipinski definition) is 1. The van der Waals surface area contributed by atoms with Crippen LogP contribution in [0.2, 0.25) is 0 Å². The van der Waals surface area contributed by atoms with Crippen molar-refractivity contribution in [2.45, 2.75) is 6.10 Å². The molecule has 2 amide bonds. The second kappa shape index (κ2) is 5.40. The van der Waals surface area contributed by atoms with Crippen molar-refractivity contribution in [1.82, 2.24) is 20.0 Å². The number of aromatic nitrogens is 2. The molecule has 0 aliphatic carbocycles. The fourth-order valence-electron chi connectivity index (χ4n) is 2.15. The van der Waals surface area contributed by atoms with Gasteiger partial charge in [0, 0.05) is 46.1 Å². The lowest BCUT2D eigenvalue weighted by molar-refractivity contribution is -0.152. The summed E-state index contributed by atoms with van der Waals surface area (Å²) in [5.41, 5.74) is 0.721. The van der Waals surface area contributed by atoms with Crippen LogP contribution in [-0.2, 0) is 21.4 Å². The average Bonchev–Trinajstić information content (AvgIpc) is 2.74. The minimum Gasteiger partial charge on any atom is -0.367 e. The molecule has 0 radical (unpaired) electrons. The average molecular weight is 266 g/mol. The van der Waals surface area contributed by atoms with Gasteiger partial charge in [0.2, 0.25) is 5.91 Å². The van der Waals surface area contributed by atoms with Gasteiger partial charge in [0.15, 0.2) is 6.10 Å². The van der Waals surface area contributed by atoms with Gasteiger partial charge in [-0.1, -0.05) is 0 Å². The highest BCUT2D eigenvalue weighted by molar-refractivity contribution is 5.87. The van der Waals surface area contributed by atoms with E-state index in [1.54, 1.807) is 36.1 Å². The SMILES string of the molecule is CNC(=O)C1CN(C(=O)C(OC)c2cnn(C)c2)C1. The molecule has 1 atom stereocenters. The molecule has 1 aliphatic heterocycles. The second-order valence-corrected chi connectivity index (χ2v) is 4.62. The molecule has 104 valence electrons. The van der Waals surface area contributed by atoms with Crippen molar-refractivity contribution in [2.24, 2.45) is 13.0 Å². The Morgan fingerprint density at radius 2 is 2.21 bits per heavy atom. The molecule has 2 rings (SSSR count). The first-order chi connectivity index (χ1) is 9.06. The van der Waals surface area contributed by atoms with Crippen molar-refractivity contribution in [3.63, 3.8) is 0 Å². The van der Waals surface area contributed by atoms with E-state index < -0.39 is 6.10 Å². The van der Waals surface area contributed by atoms with Crippen LogP contribution >= 0.6 is 0 Å². The number of aryl methyl sites for hydroxylation is 1. The monoisotopic (exact) mass is 266 g/mol. The lowest BCUT2D eigenvalue weighted by Gasteiger charge is -2.39. The number of amides is 2. The van der Waals surface area contributed by atoms with E-state index in [0.29, 0.717) is 13.1 Å². The first-order valence-electron chi connectivity index (χ1n) is 6.08. The van der Waals surface area contributed by atoms with Gasteiger partial charge in [-0.3, -0.25) is 14.3 Å². The number of ether oxygens (including phenoxy) is 1. The number of likely N-dealkylation sites (tertiary alicyclic amines) is 1. The second-order valence-electron chi connectivity index (χ2n) is 4.62. The molecule has 1 aromatic heterocycles. The number of nitrogens with zero attached hydrogens (tertiary/aromatic N) is 3. The fourth-order valence-corrected chi connectivity index (χ4v) is 2.15. The molecule has 19 heavy (non-hydrogen) atoms. The highest BCUT2D eigenvalue weighted by Crippen LogP contribution is 2.24. The van der Waals surface area contributed by atoms with Gasteiger partial charge >= 0.3 is 0 Å². The Bertz CT molecular complexity index is 479. The summed E-state index contributed by atoms with van der Waals surface area (Å²) in [5.74, 6) is -0.268. The van der Waals surface area contributed by atoms with Crippen molar-refractivity contribution in [3.8, 4) is 0 Å². The van der Waals surface area contributed by atoms with E-state index in [2.05, 4.69) is 10.4 Å². The van der Waals surface area contributed by atoms with Crippen LogP contribution in [-0.4, -0.2) is 53.7 Å². The maximum atomic E-state index is 12.3. The van der Waals surface area contributed by atoms with E-state index in [1.807, 2.05) is 0 Å². The van der Waals surface area contributed by atoms with Gasteiger partial charge in [-0.05, 0) is 0 Å². The Labute approximate surface area is 111 Å². The Hall–Kier alpha value is -1.89. The zero-order valence-electron chi connectivity index (χ0n) is 11.3. The third-order valence-corrected chi connectivity index (χ3v) is 3.30. The Kier molecular flexibility index (Phi) is 3.84. The Morgan fingerprint density at radius 3 is 2.68 bits per heavy atom. The zero-order valence-corrected chi connectivity index (χ0v) is 11.3. The largest absolute Gasteiger partial charge is 0.367 e. The molecule has 7 heteroatoms. The minimum atomic E-state index is -0.653. The van der Waals surface area contributed by atoms with Crippen molar-refractivity contribution in [2.75, 3.05) is 27.2 Å². The predicted molar refractivity (Wildman–Crippen MR) is 67.1 cm³/mol. The minimum absolute atomic E-state index is 0.0283. The lowest BCUT2D eigenvalue weighted by atomic mass is 9.97. The van der Waals surface area contributed by atoms with Crippen LogP contribution in [0.5, 0.6) is 0 Å². The molecule has 0 aromatic carbocycles. The van der Waals surface area contributed by atoms with Crippen molar-refractivity contribution in [3.05, 3.63) is 18.0 Å². The number of hydrogen-bond acceptors (Lipinski definition) is 4. The summed E-state index contributed by atoms with van der Waals surface area (Å²) in [6.45, 7) is 0.886. The fraction of sp³-hybridized carbons (Fsp3) is 0.583. The van der Waals surface area contributed by atoms with E-state index in [1.165, 1.54) is 7.11 Å². The van der Waals surface area contributed by atoms with Gasteiger partial charge in [-0.25, -0.2) is 0 Å². The van der Waals surface area contributed by atoms with Crippen LogP contribution in [0.3, 0.4) is 0 Å². The van der Waals surface area contributed by atoms with Gasteiger partial charge in [0.1, 0.15) is 0 Å². The zero-order chi connectivity index (χ0) is 14.0. The normalized spacial score (nSPS) is 16.9. The van der Waals surface area contributed by atoms with E-state index in [4.69, 9.17) is 4.74 Å². The molecule has 1 N–H and O–H groups in total. The number of carbonyl (C=O) groups excluding carboxylic acids is 2. The molecule has 0 spiro atoms. The molecule has 1 aromatic rings. The highest BCUT2D eigenvalue weighted by Gasteiger charge is 2.38. The predicted octanol–water partition coefficient (Wildman–Crippen LogP) is -0.688. The van der Waals surface area contributed by atoms with Gasteiger partial charge in [0.05, 0.1) is 12.1 Å². The molecule has 7 nitrogen and oxygen atoms in total. The topological polar surface area (TPSA) is 76.5 Å². The van der Waals surface area contributed by atoms with E-state index in [0.717, 1.165) is 5.56 Å². The summed E-state index contributed by atoms with van der Waals surface area (Å²) in [5, 5.41) is 6.61. The molecular weight excluding hydrogens is 248 g/mol. The first-order valence-corrected chi connectivity index (χ1v) is 6.08. The van der Waals surface area contributed by atoms with Crippen LogP contribution in [0.15, 0.2) is 12.4 Å². The Morgan fingerprint density at radius 1 is 1.53 bits per heavy atom. The third-order valence-electron chi connectivity index (χ3n) is 3.30. The van der Waals surface area contributed by atoms with Gasteiger partial charge in [-0.15, -0.1) is 0 Å². The van der Waals surface area contributed by atoms with Gasteiger partial charge in [-0.2, -0.15) is 5.10 Å². The lowest BCUT2D eigenvalue weighted by Crippen LogP contribution is -2.56. The summed E-state index contributed by atoms with van der Waals surface area (Å²) in [6, 6.07) is 0. The third kappa shape index (κ3) is 2.60. The number of nitrogens with one attached hydrogen (secondary N) is 1. The van der Waals surface area contributed by atoms with Crippen molar-refractivity contribution < 1.29 is 14.3 Å². The number of carbonyl (C=O) groups is 2. The summed E-state index contributed by atoms with van der Waals surface area (Å²) in [6.07, 6.45) is 2.71. The maximum Gasteiger partial charge on any atom is 0.256 e. The smallest absolute Gasteiger partial charge is 0.256 e. The van der Waals surface area contributed by atoms with Crippen LogP contribution < -0.4 is 5.32 Å². The van der Waals surface area contributed by atoms with Crippen molar-refractivity contribution in [1.29, 1.82) is 0 Å². The number of methoxy groups -OCH3 is 1. The summed E-state index contributed by atoms with van der Waals surface area (Å²) in [7, 11) is 4.87. The summed E-state index contributed by atoms with van der Waals surface area (Å²) >= 11 is 0. The maximum absolute atomic E-state index is 12.3. The molecule has 0 bridgehead atoms. The van der Waals surface area contributed by atoms with Crippen molar-refractivity contribution >= 4 is 11.8 Å². The van der Waals surface area contributed by atoms with Crippen LogP contribution in [0.1, 0.15) is 11.7 Å². The quantitative estimate of drug-likeness (QED) is 0.783. The molecular formula is C12H18N4O3. The van der Waals surface area contributed by atoms with E-state index in [9.17, 15) is 9.59 Å². The molecule has 1 aliphatic rings. The van der Waals surface area contributed by atoms with Crippen LogP contribution in [0.4, 0.5) is 0 Å². The standard InChI is InChI=1S/C12H18N4O3/c1-13-11(17)9-6-16(7-9)12(18)10(19-3)8-4-14-15(2)5-8/h4-5,9-10H,6-7H2,1-3H3,(H,13,17). The molecule has 1 fully saturated rings. The molecule has 1 unspecified atom stereocenters. The molecule has 1 saturated heterocycles. The van der Waals surface area contributed by atoms with Gasteiger partial charge < -0.3 is 15.0 Å². The van der Waals surface area contributed by atoms with Crippen LogP contribution in [0, 0.1) is 5.92 Å². The van der Waals surface area contributed by atoms with Crippen LogP contribution in [0.25, 0.3) is 0 Å². The highest BCUT2D eigenvalue weighted by atomic mass is 16.5. The van der Waals surface area contributed by atoms with E-state index >= 15 is 0 Å². The molecule has 2 heterocycles.